The number of H-pyrrole nitrogens is 1. The fourth-order valence-electron chi connectivity index (χ4n) is 4.84. The van der Waals surface area contributed by atoms with Crippen LogP contribution < -0.4 is 5.73 Å². The number of carboxylic acid groups (broad SMARTS) is 1. The first-order valence-corrected chi connectivity index (χ1v) is 12.3. The Kier molecular flexibility index (Phi) is 6.31. The van der Waals surface area contributed by atoms with Crippen molar-refractivity contribution in [2.24, 2.45) is 11.7 Å². The van der Waals surface area contributed by atoms with E-state index in [1.165, 1.54) is 41.7 Å². The number of aromatic carboxylic acids is 1. The molecule has 1 aliphatic carbocycles. The van der Waals surface area contributed by atoms with Gasteiger partial charge in [0, 0.05) is 24.0 Å². The lowest BCUT2D eigenvalue weighted by Crippen LogP contribution is -2.42. The van der Waals surface area contributed by atoms with Crippen LogP contribution in [0.25, 0.3) is 21.3 Å². The smallest absolute Gasteiger partial charge is 0.352 e. The molecular weight excluding hydrogens is 486 g/mol. The molecule has 36 heavy (non-hydrogen) atoms. The predicted molar refractivity (Wildman–Crippen MR) is 133 cm³/mol. The van der Waals surface area contributed by atoms with E-state index in [1.807, 2.05) is 17.9 Å². The highest BCUT2D eigenvalue weighted by atomic mass is 32.1. The van der Waals surface area contributed by atoms with Crippen LogP contribution >= 0.6 is 11.3 Å². The number of nitrogens with zero attached hydrogens (tertiary/aromatic N) is 2. The van der Waals surface area contributed by atoms with Gasteiger partial charge in [0.1, 0.15) is 23.0 Å². The number of amides is 1. The number of aromatic nitrogens is 2. The van der Waals surface area contributed by atoms with Gasteiger partial charge < -0.3 is 20.7 Å². The third-order valence-electron chi connectivity index (χ3n) is 6.58. The summed E-state index contributed by atoms with van der Waals surface area (Å²) >= 11 is 1.43. The minimum Gasteiger partial charge on any atom is -0.477 e. The maximum atomic E-state index is 13.6. The largest absolute Gasteiger partial charge is 0.477 e. The van der Waals surface area contributed by atoms with Crippen LogP contribution in [0, 0.1) is 24.5 Å². The molecule has 7 nitrogen and oxygen atoms in total. The number of carbonyl (C=O) groups is 2. The normalized spacial score (nSPS) is 20.1. The van der Waals surface area contributed by atoms with E-state index >= 15 is 0 Å². The fraction of sp³-hybridized carbons (Fsp3) is 0.269. The van der Waals surface area contributed by atoms with E-state index < -0.39 is 11.8 Å². The Balaban J connectivity index is 0.000000174. The number of piperidine rings is 1. The number of benzene rings is 2. The second-order valence-electron chi connectivity index (χ2n) is 9.01. The van der Waals surface area contributed by atoms with Crippen LogP contribution in [0.5, 0.6) is 0 Å². The van der Waals surface area contributed by atoms with E-state index in [1.54, 1.807) is 12.1 Å². The maximum absolute atomic E-state index is 13.6. The van der Waals surface area contributed by atoms with Crippen LogP contribution in [0.2, 0.25) is 0 Å². The number of halogens is 2. The average Bonchev–Trinajstić information content (AvgIpc) is 3.19. The first kappa shape index (κ1) is 24.1. The van der Waals surface area contributed by atoms with Gasteiger partial charge in [-0.2, -0.15) is 0 Å². The zero-order valence-electron chi connectivity index (χ0n) is 19.4. The summed E-state index contributed by atoms with van der Waals surface area (Å²) in [4.78, 5) is 33.2. The number of carbonyl (C=O) groups excluding carboxylic acids is 1. The van der Waals surface area contributed by atoms with Crippen molar-refractivity contribution in [3.63, 3.8) is 0 Å². The van der Waals surface area contributed by atoms with Crippen LogP contribution in [-0.2, 0) is 0 Å². The van der Waals surface area contributed by atoms with Crippen LogP contribution in [0.1, 0.15) is 38.8 Å². The molecule has 186 valence electrons. The first-order chi connectivity index (χ1) is 17.3. The molecular formula is C26H24F2N4O3S. The zero-order chi connectivity index (χ0) is 25.6. The van der Waals surface area contributed by atoms with Gasteiger partial charge in [0.25, 0.3) is 5.91 Å². The third-order valence-corrected chi connectivity index (χ3v) is 7.60. The molecule has 1 saturated heterocycles. The van der Waals surface area contributed by atoms with Crippen LogP contribution in [0.15, 0.2) is 48.5 Å². The summed E-state index contributed by atoms with van der Waals surface area (Å²) in [5.74, 6) is -1.30. The van der Waals surface area contributed by atoms with Crippen molar-refractivity contribution < 1.29 is 23.5 Å². The summed E-state index contributed by atoms with van der Waals surface area (Å²) in [6.07, 6.45) is 2.06. The molecule has 2 aromatic heterocycles. The number of rotatable bonds is 4. The lowest BCUT2D eigenvalue weighted by molar-refractivity contribution is 0.0686. The minimum absolute atomic E-state index is 0.0000926. The van der Waals surface area contributed by atoms with Crippen molar-refractivity contribution in [1.29, 1.82) is 0 Å². The van der Waals surface area contributed by atoms with E-state index in [4.69, 9.17) is 10.8 Å². The second-order valence-corrected chi connectivity index (χ2v) is 10.2. The Morgan fingerprint density at radius 1 is 1.19 bits per heavy atom. The van der Waals surface area contributed by atoms with Gasteiger partial charge in [-0.1, -0.05) is 24.3 Å². The van der Waals surface area contributed by atoms with Gasteiger partial charge in [0.05, 0.1) is 15.4 Å². The summed E-state index contributed by atoms with van der Waals surface area (Å²) in [5, 5.41) is 10.00. The van der Waals surface area contributed by atoms with Crippen molar-refractivity contribution in [1.82, 2.24) is 14.9 Å². The number of thiazole rings is 1. The number of fused-ring (bicyclic) bond motifs is 2. The summed E-state index contributed by atoms with van der Waals surface area (Å²) < 4.78 is 26.6. The highest BCUT2D eigenvalue weighted by Gasteiger charge is 2.54. The van der Waals surface area contributed by atoms with Crippen molar-refractivity contribution in [2.75, 3.05) is 6.54 Å². The third kappa shape index (κ3) is 4.49. The Morgan fingerprint density at radius 3 is 2.67 bits per heavy atom. The zero-order valence-corrected chi connectivity index (χ0v) is 20.2. The van der Waals surface area contributed by atoms with Gasteiger partial charge in [-0.15, -0.1) is 11.3 Å². The Hall–Kier alpha value is -3.63. The van der Waals surface area contributed by atoms with E-state index in [0.717, 1.165) is 22.7 Å². The SMILES string of the molecule is Cc1nc(C(=O)N2[C@H](CN)C[C@@H]3C[C@@H]32)c(-c2cccc(F)c2)s1.O=C(O)c1cc2cccc(F)c2[nH]1. The van der Waals surface area contributed by atoms with Gasteiger partial charge >= 0.3 is 5.97 Å². The number of hydrogen-bond acceptors (Lipinski definition) is 5. The van der Waals surface area contributed by atoms with E-state index in [0.29, 0.717) is 35.1 Å². The summed E-state index contributed by atoms with van der Waals surface area (Å²) in [6.45, 7) is 2.35. The van der Waals surface area contributed by atoms with Crippen LogP contribution in [0.4, 0.5) is 8.78 Å². The monoisotopic (exact) mass is 510 g/mol. The fourth-order valence-corrected chi connectivity index (χ4v) is 5.75. The molecule has 4 aromatic rings. The van der Waals surface area contributed by atoms with Gasteiger partial charge in [-0.05, 0) is 55.5 Å². The Morgan fingerprint density at radius 2 is 1.97 bits per heavy atom. The van der Waals surface area contributed by atoms with Crippen molar-refractivity contribution >= 4 is 34.1 Å². The Labute approximate surface area is 209 Å². The van der Waals surface area contributed by atoms with Crippen molar-refractivity contribution in [3.8, 4) is 10.4 Å². The molecule has 1 saturated carbocycles. The molecule has 3 heterocycles. The number of aromatic amines is 1. The molecule has 1 amide bonds. The summed E-state index contributed by atoms with van der Waals surface area (Å²) in [5.41, 5.74) is 7.21. The van der Waals surface area contributed by atoms with Crippen molar-refractivity contribution in [3.05, 3.63) is 76.6 Å². The summed E-state index contributed by atoms with van der Waals surface area (Å²) in [7, 11) is 0. The predicted octanol–water partition coefficient (Wildman–Crippen LogP) is 4.82. The maximum Gasteiger partial charge on any atom is 0.352 e. The standard InChI is InChI=1S/C17H18FN3OS.C9H6FNO2/c1-9-20-15(16(23-9)10-3-2-4-12(18)5-10)17(22)21-13(8-19)6-11-7-14(11)21;10-6-3-1-2-5-4-7(9(12)13)11-8(5)6/h2-5,11,13-14H,6-8,19H2,1H3;1-4,11H,(H,12,13)/t11-,13+,14+;/m1./s1. The van der Waals surface area contributed by atoms with Crippen LogP contribution in [0.3, 0.4) is 0 Å². The number of likely N-dealkylation sites (tertiary alicyclic amines) is 1. The molecule has 2 aliphatic rings. The lowest BCUT2D eigenvalue weighted by Gasteiger charge is -2.26. The number of nitrogens with one attached hydrogen (secondary N) is 1. The van der Waals surface area contributed by atoms with Gasteiger partial charge in [0.15, 0.2) is 0 Å². The topological polar surface area (TPSA) is 112 Å². The molecule has 2 fully saturated rings. The second kappa shape index (κ2) is 9.44. The molecule has 10 heteroatoms. The van der Waals surface area contributed by atoms with E-state index in [2.05, 4.69) is 9.97 Å². The molecule has 6 rings (SSSR count). The van der Waals surface area contributed by atoms with E-state index in [-0.39, 0.29) is 29.0 Å². The lowest BCUT2D eigenvalue weighted by atomic mass is 10.1. The number of hydrogen-bond donors (Lipinski definition) is 3. The first-order valence-electron chi connectivity index (χ1n) is 11.5. The highest BCUT2D eigenvalue weighted by Crippen LogP contribution is 2.48. The van der Waals surface area contributed by atoms with Gasteiger partial charge in [0.2, 0.25) is 0 Å². The van der Waals surface area contributed by atoms with E-state index in [9.17, 15) is 18.4 Å². The van der Waals surface area contributed by atoms with Gasteiger partial charge in [-0.25, -0.2) is 18.6 Å². The molecule has 0 unspecified atom stereocenters. The average molecular weight is 511 g/mol. The van der Waals surface area contributed by atoms with Crippen molar-refractivity contribution in [2.45, 2.75) is 31.8 Å². The van der Waals surface area contributed by atoms with Crippen LogP contribution in [-0.4, -0.2) is 50.5 Å². The molecule has 2 aromatic carbocycles. The summed E-state index contributed by atoms with van der Waals surface area (Å²) in [6, 6.07) is 12.6. The highest BCUT2D eigenvalue weighted by molar-refractivity contribution is 7.15. The Bertz CT molecular complexity index is 1470. The van der Waals surface area contributed by atoms with Gasteiger partial charge in [-0.3, -0.25) is 4.79 Å². The molecule has 1 aliphatic heterocycles. The number of para-hydroxylation sites is 1. The molecule has 4 N–H and O–H groups in total. The molecule has 0 bridgehead atoms. The molecule has 0 radical (unpaired) electrons. The number of nitrogens with two attached hydrogens (primary N) is 1. The molecule has 0 spiro atoms. The minimum atomic E-state index is -1.09. The number of aryl methyl sites for hydroxylation is 1. The number of carboxylic acids is 1. The molecule has 3 atom stereocenters. The quantitative estimate of drug-likeness (QED) is 0.364.